The first-order valence-corrected chi connectivity index (χ1v) is 9.33. The summed E-state index contributed by atoms with van der Waals surface area (Å²) in [5, 5.41) is 9.23. The number of hydrogen-bond donors (Lipinski definition) is 1. The van der Waals surface area contributed by atoms with E-state index in [0.29, 0.717) is 24.9 Å². The number of amides is 2. The van der Waals surface area contributed by atoms with E-state index in [0.717, 1.165) is 5.56 Å². The molecule has 2 amide bonds. The predicted octanol–water partition coefficient (Wildman–Crippen LogP) is 2.11. The molecule has 1 aromatic rings. The Hall–Kier alpha value is -2.02. The van der Waals surface area contributed by atoms with Crippen LogP contribution in [0.2, 0.25) is 0 Å². The molecule has 0 unspecified atom stereocenters. The van der Waals surface area contributed by atoms with Gasteiger partial charge in [-0.25, -0.2) is 4.79 Å². The molecule has 1 N–H and O–H groups in total. The second-order valence-electron chi connectivity index (χ2n) is 7.30. The van der Waals surface area contributed by atoms with Gasteiger partial charge in [-0.3, -0.25) is 9.59 Å². The number of aliphatic carboxylic acids is 1. The first kappa shape index (κ1) is 16.4. The molecule has 4 rings (SSSR count). The number of nitrogens with zero attached hydrogens (tertiary/aromatic N) is 2. The molecule has 0 aliphatic carbocycles. The number of carbonyl (C=O) groups is 3. The van der Waals surface area contributed by atoms with Crippen LogP contribution in [0.3, 0.4) is 0 Å². The molecule has 0 bridgehead atoms. The second-order valence-corrected chi connectivity index (χ2v) is 9.04. The van der Waals surface area contributed by atoms with Crippen LogP contribution in [0, 0.1) is 0 Å². The molecule has 132 valence electrons. The molecule has 3 atom stereocenters. The zero-order chi connectivity index (χ0) is 17.9. The van der Waals surface area contributed by atoms with Crippen molar-refractivity contribution in [3.63, 3.8) is 0 Å². The smallest absolute Gasteiger partial charge is 0.326 e. The van der Waals surface area contributed by atoms with E-state index in [1.807, 2.05) is 32.0 Å². The van der Waals surface area contributed by atoms with E-state index in [4.69, 9.17) is 0 Å². The highest BCUT2D eigenvalue weighted by atomic mass is 32.2. The summed E-state index contributed by atoms with van der Waals surface area (Å²) < 4.78 is -0.476. The van der Waals surface area contributed by atoms with Crippen molar-refractivity contribution >= 4 is 29.5 Å². The normalized spacial score (nSPS) is 29.7. The van der Waals surface area contributed by atoms with E-state index in [-0.39, 0.29) is 17.2 Å². The molecule has 1 aromatic carbocycles. The van der Waals surface area contributed by atoms with Crippen LogP contribution in [0.1, 0.15) is 48.0 Å². The fraction of sp³-hybridized carbons (Fsp3) is 0.500. The van der Waals surface area contributed by atoms with E-state index < -0.39 is 22.8 Å². The Morgan fingerprint density at radius 3 is 2.72 bits per heavy atom. The number of hydrogen-bond acceptors (Lipinski definition) is 4. The number of carboxylic acid groups (broad SMARTS) is 1. The summed E-state index contributed by atoms with van der Waals surface area (Å²) in [5.74, 6) is -1.35. The Balaban J connectivity index is 1.71. The van der Waals surface area contributed by atoms with Crippen LogP contribution in [0.5, 0.6) is 0 Å². The van der Waals surface area contributed by atoms with Crippen molar-refractivity contribution in [3.05, 3.63) is 35.4 Å². The highest BCUT2D eigenvalue weighted by Gasteiger charge is 2.58. The van der Waals surface area contributed by atoms with Gasteiger partial charge >= 0.3 is 5.97 Å². The lowest BCUT2D eigenvalue weighted by molar-refractivity contribution is -0.150. The van der Waals surface area contributed by atoms with Crippen molar-refractivity contribution in [2.24, 2.45) is 0 Å². The molecule has 2 fully saturated rings. The molecule has 3 aliphatic heterocycles. The van der Waals surface area contributed by atoms with Crippen LogP contribution in [-0.4, -0.2) is 56.1 Å². The maximum Gasteiger partial charge on any atom is 0.326 e. The SMILES string of the molecule is CC1(C)S[C@@H]2c3ccccc3C(=O)N2[C@@H]1C(=O)N1CCC[C@H]1C(=O)O. The maximum atomic E-state index is 13.3. The van der Waals surface area contributed by atoms with Gasteiger partial charge in [-0.2, -0.15) is 0 Å². The van der Waals surface area contributed by atoms with Gasteiger partial charge in [0.25, 0.3) is 5.91 Å². The van der Waals surface area contributed by atoms with E-state index in [1.165, 1.54) is 4.90 Å². The summed E-state index contributed by atoms with van der Waals surface area (Å²) in [6.07, 6.45) is 1.15. The Kier molecular flexibility index (Phi) is 3.61. The lowest BCUT2D eigenvalue weighted by atomic mass is 9.99. The molecule has 2 saturated heterocycles. The van der Waals surface area contributed by atoms with E-state index in [1.54, 1.807) is 22.7 Å². The summed E-state index contributed by atoms with van der Waals surface area (Å²) in [5.41, 5.74) is 1.58. The van der Waals surface area contributed by atoms with Gasteiger partial charge in [-0.1, -0.05) is 18.2 Å². The van der Waals surface area contributed by atoms with E-state index in [2.05, 4.69) is 0 Å². The third kappa shape index (κ3) is 2.28. The van der Waals surface area contributed by atoms with Crippen LogP contribution in [-0.2, 0) is 9.59 Å². The topological polar surface area (TPSA) is 77.9 Å². The summed E-state index contributed by atoms with van der Waals surface area (Å²) in [7, 11) is 0. The minimum atomic E-state index is -0.970. The predicted molar refractivity (Wildman–Crippen MR) is 93.2 cm³/mol. The van der Waals surface area contributed by atoms with Gasteiger partial charge in [0.15, 0.2) is 0 Å². The molecular weight excluding hydrogens is 340 g/mol. The number of thioether (sulfide) groups is 1. The fourth-order valence-corrected chi connectivity index (χ4v) is 5.81. The standard InChI is InChI=1S/C18H20N2O4S/c1-18(2)13(15(22)19-9-5-8-12(19)17(23)24)20-14(21)10-6-3-4-7-11(10)16(20)25-18/h3-4,6-7,12-13,16H,5,8-9H2,1-2H3,(H,23,24)/t12-,13+,16+/m0/s1. The Morgan fingerprint density at radius 2 is 2.00 bits per heavy atom. The zero-order valence-corrected chi connectivity index (χ0v) is 15.0. The van der Waals surface area contributed by atoms with Crippen LogP contribution in [0.15, 0.2) is 24.3 Å². The molecule has 0 spiro atoms. The van der Waals surface area contributed by atoms with Gasteiger partial charge in [0.1, 0.15) is 17.5 Å². The van der Waals surface area contributed by atoms with Crippen molar-refractivity contribution < 1.29 is 19.5 Å². The van der Waals surface area contributed by atoms with Gasteiger partial charge in [0.05, 0.1) is 0 Å². The van der Waals surface area contributed by atoms with Crippen molar-refractivity contribution in [1.29, 1.82) is 0 Å². The van der Waals surface area contributed by atoms with Gasteiger partial charge in [0, 0.05) is 16.9 Å². The van der Waals surface area contributed by atoms with Crippen molar-refractivity contribution in [2.45, 2.75) is 48.9 Å². The summed E-state index contributed by atoms with van der Waals surface area (Å²) in [6.45, 7) is 4.35. The second kappa shape index (κ2) is 5.49. The molecule has 0 radical (unpaired) electrons. The highest BCUT2D eigenvalue weighted by molar-refractivity contribution is 8.01. The average Bonchev–Trinajstić information content (AvgIpc) is 3.21. The Labute approximate surface area is 150 Å². The molecule has 7 heteroatoms. The third-order valence-electron chi connectivity index (χ3n) is 5.35. The number of benzene rings is 1. The number of carboxylic acids is 1. The largest absolute Gasteiger partial charge is 0.480 e. The molecule has 25 heavy (non-hydrogen) atoms. The first-order chi connectivity index (χ1) is 11.8. The number of fused-ring (bicyclic) bond motifs is 3. The summed E-state index contributed by atoms with van der Waals surface area (Å²) in [4.78, 5) is 40.8. The van der Waals surface area contributed by atoms with Gasteiger partial charge in [0.2, 0.25) is 5.91 Å². The zero-order valence-electron chi connectivity index (χ0n) is 14.1. The fourth-order valence-electron chi connectivity index (χ4n) is 4.22. The van der Waals surface area contributed by atoms with Gasteiger partial charge in [-0.05, 0) is 38.3 Å². The van der Waals surface area contributed by atoms with Gasteiger partial charge in [-0.15, -0.1) is 11.8 Å². The lowest BCUT2D eigenvalue weighted by Crippen LogP contribution is -2.55. The molecule has 6 nitrogen and oxygen atoms in total. The summed E-state index contributed by atoms with van der Waals surface area (Å²) >= 11 is 1.60. The molecule has 0 saturated carbocycles. The number of likely N-dealkylation sites (tertiary alicyclic amines) is 1. The minimum absolute atomic E-state index is 0.136. The molecule has 0 aromatic heterocycles. The maximum absolute atomic E-state index is 13.3. The van der Waals surface area contributed by atoms with Crippen LogP contribution in [0.4, 0.5) is 0 Å². The number of rotatable bonds is 2. The van der Waals surface area contributed by atoms with Crippen molar-refractivity contribution in [2.75, 3.05) is 6.54 Å². The van der Waals surface area contributed by atoms with Crippen molar-refractivity contribution in [3.8, 4) is 0 Å². The van der Waals surface area contributed by atoms with E-state index in [9.17, 15) is 19.5 Å². The van der Waals surface area contributed by atoms with Gasteiger partial charge < -0.3 is 14.9 Å². The molecular formula is C18H20N2O4S. The van der Waals surface area contributed by atoms with Crippen molar-refractivity contribution in [1.82, 2.24) is 9.80 Å². The highest BCUT2D eigenvalue weighted by Crippen LogP contribution is 2.57. The first-order valence-electron chi connectivity index (χ1n) is 8.45. The Morgan fingerprint density at radius 1 is 1.28 bits per heavy atom. The van der Waals surface area contributed by atoms with Crippen LogP contribution >= 0.6 is 11.8 Å². The molecule has 3 heterocycles. The summed E-state index contributed by atoms with van der Waals surface area (Å²) in [6, 6.07) is 6.02. The van der Waals surface area contributed by atoms with E-state index >= 15 is 0 Å². The monoisotopic (exact) mass is 360 g/mol. The number of carbonyl (C=O) groups excluding carboxylic acids is 2. The quantitative estimate of drug-likeness (QED) is 0.874. The molecule has 3 aliphatic rings. The minimum Gasteiger partial charge on any atom is -0.480 e. The lowest BCUT2D eigenvalue weighted by Gasteiger charge is -2.34. The van der Waals surface area contributed by atoms with Crippen LogP contribution < -0.4 is 0 Å². The van der Waals surface area contributed by atoms with Crippen LogP contribution in [0.25, 0.3) is 0 Å². The third-order valence-corrected chi connectivity index (χ3v) is 6.89. The Bertz CT molecular complexity index is 778. The average molecular weight is 360 g/mol.